The number of nitrogens with one attached hydrogen (secondary N) is 2. The lowest BCUT2D eigenvalue weighted by atomic mass is 10.3. The van der Waals surface area contributed by atoms with Gasteiger partial charge < -0.3 is 5.32 Å². The summed E-state index contributed by atoms with van der Waals surface area (Å²) in [7, 11) is -3.07. The fourth-order valence-corrected chi connectivity index (χ4v) is 2.71. The molecule has 1 atom stereocenters. The topological polar surface area (TPSA) is 58.2 Å². The molecule has 0 aromatic heterocycles. The fourth-order valence-electron chi connectivity index (χ4n) is 1.12. The highest BCUT2D eigenvalue weighted by Crippen LogP contribution is 2.03. The van der Waals surface area contributed by atoms with Crippen molar-refractivity contribution in [2.45, 2.75) is 31.9 Å². The molecule has 0 fully saturated rings. The minimum absolute atomic E-state index is 0.236. The molecule has 0 aliphatic carbocycles. The van der Waals surface area contributed by atoms with Gasteiger partial charge in [0.15, 0.2) is 0 Å². The van der Waals surface area contributed by atoms with E-state index in [1.54, 1.807) is 11.8 Å². The van der Waals surface area contributed by atoms with Gasteiger partial charge in [0.1, 0.15) is 0 Å². The first-order valence-electron chi connectivity index (χ1n) is 5.72. The summed E-state index contributed by atoms with van der Waals surface area (Å²) in [6.45, 7) is 6.42. The SMILES string of the molecule is CCNCCCCS(=O)(=O)NCC(C)SC. The van der Waals surface area contributed by atoms with Gasteiger partial charge in [0, 0.05) is 11.8 Å². The van der Waals surface area contributed by atoms with Gasteiger partial charge in [-0.1, -0.05) is 13.8 Å². The minimum Gasteiger partial charge on any atom is -0.317 e. The third kappa shape index (κ3) is 9.45. The molecular formula is C10H24N2O2S2. The maximum atomic E-state index is 11.5. The van der Waals surface area contributed by atoms with Crippen molar-refractivity contribution in [2.75, 3.05) is 31.6 Å². The van der Waals surface area contributed by atoms with Gasteiger partial charge in [-0.2, -0.15) is 11.8 Å². The molecule has 6 heteroatoms. The largest absolute Gasteiger partial charge is 0.317 e. The average molecular weight is 268 g/mol. The van der Waals surface area contributed by atoms with E-state index in [9.17, 15) is 8.42 Å². The van der Waals surface area contributed by atoms with E-state index in [0.29, 0.717) is 11.8 Å². The normalized spacial score (nSPS) is 13.9. The Hall–Kier alpha value is 0.220. The van der Waals surface area contributed by atoms with Gasteiger partial charge in [-0.3, -0.25) is 0 Å². The van der Waals surface area contributed by atoms with Gasteiger partial charge in [-0.05, 0) is 32.2 Å². The Morgan fingerprint density at radius 2 is 2.00 bits per heavy atom. The molecule has 2 N–H and O–H groups in total. The van der Waals surface area contributed by atoms with Crippen LogP contribution in [0.4, 0.5) is 0 Å². The summed E-state index contributed by atoms with van der Waals surface area (Å²) < 4.78 is 25.7. The first-order valence-corrected chi connectivity index (χ1v) is 8.66. The summed E-state index contributed by atoms with van der Waals surface area (Å²) in [4.78, 5) is 0. The second kappa shape index (κ2) is 9.27. The van der Waals surface area contributed by atoms with E-state index in [0.717, 1.165) is 25.9 Å². The standard InChI is InChI=1S/C10H24N2O2S2/c1-4-11-7-5-6-8-16(13,14)12-9-10(2)15-3/h10-12H,4-9H2,1-3H3. The summed E-state index contributed by atoms with van der Waals surface area (Å²) in [6, 6.07) is 0. The Morgan fingerprint density at radius 3 is 2.56 bits per heavy atom. The summed E-state index contributed by atoms with van der Waals surface area (Å²) in [5, 5.41) is 3.51. The molecule has 0 radical (unpaired) electrons. The molecule has 98 valence electrons. The molecule has 0 spiro atoms. The number of rotatable bonds is 10. The van der Waals surface area contributed by atoms with Crippen LogP contribution in [-0.4, -0.2) is 45.3 Å². The second-order valence-electron chi connectivity index (χ2n) is 3.77. The summed E-state index contributed by atoms with van der Waals surface area (Å²) in [5.41, 5.74) is 0. The smallest absolute Gasteiger partial charge is 0.211 e. The van der Waals surface area contributed by atoms with E-state index < -0.39 is 10.0 Å². The van der Waals surface area contributed by atoms with E-state index >= 15 is 0 Å². The van der Waals surface area contributed by atoms with Crippen LogP contribution in [-0.2, 0) is 10.0 Å². The molecule has 0 amide bonds. The van der Waals surface area contributed by atoms with Crippen LogP contribution < -0.4 is 10.0 Å². The molecule has 0 rings (SSSR count). The molecule has 1 unspecified atom stereocenters. The Balaban J connectivity index is 3.63. The number of sulfonamides is 1. The van der Waals surface area contributed by atoms with Gasteiger partial charge >= 0.3 is 0 Å². The monoisotopic (exact) mass is 268 g/mol. The van der Waals surface area contributed by atoms with Crippen molar-refractivity contribution in [1.29, 1.82) is 0 Å². The Morgan fingerprint density at radius 1 is 1.31 bits per heavy atom. The van der Waals surface area contributed by atoms with Crippen molar-refractivity contribution >= 4 is 21.8 Å². The van der Waals surface area contributed by atoms with Crippen LogP contribution in [0.3, 0.4) is 0 Å². The van der Waals surface area contributed by atoms with Gasteiger partial charge in [0.25, 0.3) is 0 Å². The number of unbranched alkanes of at least 4 members (excludes halogenated alkanes) is 1. The predicted molar refractivity (Wildman–Crippen MR) is 72.5 cm³/mol. The molecule has 0 saturated heterocycles. The van der Waals surface area contributed by atoms with Crippen LogP contribution in [0.2, 0.25) is 0 Å². The van der Waals surface area contributed by atoms with E-state index in [1.165, 1.54) is 0 Å². The van der Waals surface area contributed by atoms with Crippen LogP contribution in [0, 0.1) is 0 Å². The average Bonchev–Trinajstić information content (AvgIpc) is 2.25. The maximum absolute atomic E-state index is 11.5. The quantitative estimate of drug-likeness (QED) is 0.581. The van der Waals surface area contributed by atoms with Gasteiger partial charge in [-0.15, -0.1) is 0 Å². The van der Waals surface area contributed by atoms with E-state index in [2.05, 4.69) is 10.0 Å². The summed E-state index contributed by atoms with van der Waals surface area (Å²) in [6.07, 6.45) is 3.61. The molecular weight excluding hydrogens is 244 g/mol. The molecule has 0 aromatic rings. The predicted octanol–water partition coefficient (Wildman–Crippen LogP) is 1.05. The van der Waals surface area contributed by atoms with Crippen molar-refractivity contribution in [3.63, 3.8) is 0 Å². The molecule has 0 aliphatic heterocycles. The van der Waals surface area contributed by atoms with Gasteiger partial charge in [0.2, 0.25) is 10.0 Å². The zero-order valence-corrected chi connectivity index (χ0v) is 12.1. The van der Waals surface area contributed by atoms with Crippen molar-refractivity contribution in [2.24, 2.45) is 0 Å². The first-order chi connectivity index (χ1) is 7.52. The number of hydrogen-bond donors (Lipinski definition) is 2. The number of hydrogen-bond acceptors (Lipinski definition) is 4. The highest BCUT2D eigenvalue weighted by Gasteiger charge is 2.10. The van der Waals surface area contributed by atoms with Crippen molar-refractivity contribution in [3.05, 3.63) is 0 Å². The molecule has 0 saturated carbocycles. The van der Waals surface area contributed by atoms with Crippen LogP contribution in [0.25, 0.3) is 0 Å². The molecule has 0 aromatic carbocycles. The lowest BCUT2D eigenvalue weighted by molar-refractivity contribution is 0.574. The lowest BCUT2D eigenvalue weighted by Crippen LogP contribution is -2.31. The molecule has 0 aliphatic rings. The van der Waals surface area contributed by atoms with E-state index in [4.69, 9.17) is 0 Å². The van der Waals surface area contributed by atoms with E-state index in [1.807, 2.05) is 20.1 Å². The zero-order chi connectivity index (χ0) is 12.4. The zero-order valence-electron chi connectivity index (χ0n) is 10.5. The second-order valence-corrected chi connectivity index (χ2v) is 6.98. The van der Waals surface area contributed by atoms with Gasteiger partial charge in [0.05, 0.1) is 5.75 Å². The Kier molecular flexibility index (Phi) is 9.40. The van der Waals surface area contributed by atoms with Crippen molar-refractivity contribution in [1.82, 2.24) is 10.0 Å². The first kappa shape index (κ1) is 16.2. The number of thioether (sulfide) groups is 1. The Labute approximate surface area is 104 Å². The highest BCUT2D eigenvalue weighted by molar-refractivity contribution is 7.99. The maximum Gasteiger partial charge on any atom is 0.211 e. The molecule has 0 heterocycles. The van der Waals surface area contributed by atoms with Crippen LogP contribution in [0.15, 0.2) is 0 Å². The Bertz CT molecular complexity index is 256. The van der Waals surface area contributed by atoms with Crippen LogP contribution >= 0.6 is 11.8 Å². The fraction of sp³-hybridized carbons (Fsp3) is 1.00. The molecule has 4 nitrogen and oxygen atoms in total. The third-order valence-corrected chi connectivity index (χ3v) is 4.66. The van der Waals surface area contributed by atoms with Crippen LogP contribution in [0.5, 0.6) is 0 Å². The van der Waals surface area contributed by atoms with Crippen molar-refractivity contribution in [3.8, 4) is 0 Å². The third-order valence-electron chi connectivity index (χ3n) is 2.26. The van der Waals surface area contributed by atoms with E-state index in [-0.39, 0.29) is 5.75 Å². The van der Waals surface area contributed by atoms with Gasteiger partial charge in [-0.25, -0.2) is 13.1 Å². The lowest BCUT2D eigenvalue weighted by Gasteiger charge is -2.10. The van der Waals surface area contributed by atoms with Crippen molar-refractivity contribution < 1.29 is 8.42 Å². The minimum atomic E-state index is -3.07. The summed E-state index contributed by atoms with van der Waals surface area (Å²) in [5.74, 6) is 0.236. The highest BCUT2D eigenvalue weighted by atomic mass is 32.2. The summed E-state index contributed by atoms with van der Waals surface area (Å²) >= 11 is 1.66. The molecule has 0 bridgehead atoms. The molecule has 16 heavy (non-hydrogen) atoms. The van der Waals surface area contributed by atoms with Crippen LogP contribution in [0.1, 0.15) is 26.7 Å².